The predicted molar refractivity (Wildman–Crippen MR) is 98.8 cm³/mol. The number of allylic oxidation sites excluding steroid dienone is 2. The Morgan fingerprint density at radius 2 is 2.18 bits per heavy atom. The van der Waals surface area contributed by atoms with Crippen LogP contribution in [0.25, 0.3) is 0 Å². The van der Waals surface area contributed by atoms with Gasteiger partial charge in [0.15, 0.2) is 0 Å². The van der Waals surface area contributed by atoms with Crippen molar-refractivity contribution in [2.75, 3.05) is 13.2 Å². The van der Waals surface area contributed by atoms with Crippen LogP contribution in [0.15, 0.2) is 41.0 Å². The van der Waals surface area contributed by atoms with Crippen LogP contribution in [-0.2, 0) is 25.6 Å². The van der Waals surface area contributed by atoms with E-state index in [9.17, 15) is 14.4 Å². The van der Waals surface area contributed by atoms with Crippen LogP contribution in [0.2, 0.25) is 0 Å². The highest BCUT2D eigenvalue weighted by Gasteiger charge is 2.36. The van der Waals surface area contributed by atoms with Crippen LogP contribution in [0.3, 0.4) is 0 Å². The molecular weight excluding hydrogens is 363 g/mol. The van der Waals surface area contributed by atoms with Crippen molar-refractivity contribution < 1.29 is 23.4 Å². The molecule has 6 nitrogen and oxygen atoms in total. The lowest BCUT2D eigenvalue weighted by atomic mass is 9.82. The van der Waals surface area contributed by atoms with Crippen LogP contribution < -0.4 is 5.73 Å². The fourth-order valence-electron chi connectivity index (χ4n) is 3.17. The minimum Gasteiger partial charge on any atom is -0.463 e. The van der Waals surface area contributed by atoms with Crippen molar-refractivity contribution in [3.8, 4) is 6.07 Å². The van der Waals surface area contributed by atoms with Gasteiger partial charge >= 0.3 is 5.97 Å². The molecule has 2 aliphatic rings. The Labute approximate surface area is 163 Å². The monoisotopic (exact) mass is 386 g/mol. The van der Waals surface area contributed by atoms with Crippen molar-refractivity contribution in [3.63, 3.8) is 0 Å². The second-order valence-electron chi connectivity index (χ2n) is 6.92. The van der Waals surface area contributed by atoms with Crippen molar-refractivity contribution in [2.24, 2.45) is 11.7 Å². The van der Waals surface area contributed by atoms with Crippen molar-refractivity contribution >= 4 is 5.97 Å². The van der Waals surface area contributed by atoms with Crippen molar-refractivity contribution in [2.45, 2.75) is 39.2 Å². The number of carbonyl (C=O) groups is 1. The molecule has 0 radical (unpaired) electrons. The summed E-state index contributed by atoms with van der Waals surface area (Å²) in [7, 11) is 0. The highest BCUT2D eigenvalue weighted by atomic mass is 19.1. The van der Waals surface area contributed by atoms with Crippen molar-refractivity contribution in [3.05, 3.63) is 57.9 Å². The zero-order chi connectivity index (χ0) is 20.3. The first kappa shape index (κ1) is 19.9. The number of carbonyl (C=O) groups excluding carboxylic acids is 1. The van der Waals surface area contributed by atoms with E-state index in [1.165, 1.54) is 6.07 Å². The Bertz CT molecular complexity index is 881. The lowest BCUT2D eigenvalue weighted by Gasteiger charge is -2.27. The molecule has 1 aliphatic carbocycles. The van der Waals surface area contributed by atoms with Gasteiger partial charge in [0.2, 0.25) is 5.88 Å². The van der Waals surface area contributed by atoms with Crippen LogP contribution in [0.4, 0.5) is 4.39 Å². The third kappa shape index (κ3) is 4.18. The first-order chi connectivity index (χ1) is 13.5. The summed E-state index contributed by atoms with van der Waals surface area (Å²) in [5, 5.41) is 9.55. The van der Waals surface area contributed by atoms with Gasteiger partial charge in [0.25, 0.3) is 0 Å². The molecule has 0 saturated heterocycles. The number of nitriles is 1. The number of nitrogens with two attached hydrogens (primary N) is 1. The summed E-state index contributed by atoms with van der Waals surface area (Å²) in [6, 6.07) is 6.57. The zero-order valence-electron chi connectivity index (χ0n) is 16.0. The molecule has 0 spiro atoms. The highest BCUT2D eigenvalue weighted by molar-refractivity contribution is 5.92. The Balaban J connectivity index is 1.92. The van der Waals surface area contributed by atoms with Gasteiger partial charge in [-0.25, -0.2) is 9.18 Å². The predicted octanol–water partition coefficient (Wildman–Crippen LogP) is 3.40. The van der Waals surface area contributed by atoms with E-state index < -0.39 is 17.7 Å². The van der Waals surface area contributed by atoms with E-state index >= 15 is 0 Å². The average Bonchev–Trinajstić information content (AvgIpc) is 3.47. The van der Waals surface area contributed by atoms with Crippen LogP contribution in [0, 0.1) is 23.1 Å². The average molecular weight is 386 g/mol. The molecule has 1 heterocycles. The maximum Gasteiger partial charge on any atom is 0.338 e. The van der Waals surface area contributed by atoms with Crippen molar-refractivity contribution in [1.29, 1.82) is 5.26 Å². The molecule has 1 aromatic rings. The lowest BCUT2D eigenvalue weighted by molar-refractivity contribution is -0.139. The van der Waals surface area contributed by atoms with Gasteiger partial charge in [-0.2, -0.15) is 5.26 Å². The topological polar surface area (TPSA) is 94.6 Å². The third-order valence-electron chi connectivity index (χ3n) is 4.82. The minimum atomic E-state index is -0.853. The summed E-state index contributed by atoms with van der Waals surface area (Å²) < 4.78 is 30.7. The molecule has 28 heavy (non-hydrogen) atoms. The van der Waals surface area contributed by atoms with E-state index in [1.54, 1.807) is 26.0 Å². The molecule has 1 aromatic carbocycles. The Kier molecular flexibility index (Phi) is 6.00. The standard InChI is InChI=1S/C21H23FN2O4/c1-3-27-21(25)18-12(2)28-20(24)16(9-23)19(18)14-6-7-15(17(22)8-14)11-26-10-13-4-5-13/h6-8,13,19H,3-5,10-11,24H2,1-2H3. The number of ether oxygens (including phenoxy) is 3. The van der Waals surface area contributed by atoms with Crippen LogP contribution in [0.1, 0.15) is 43.7 Å². The summed E-state index contributed by atoms with van der Waals surface area (Å²) in [5.41, 5.74) is 6.88. The maximum atomic E-state index is 14.7. The number of rotatable bonds is 7. The fraction of sp³-hybridized carbons (Fsp3) is 0.429. The second-order valence-corrected chi connectivity index (χ2v) is 6.92. The summed E-state index contributed by atoms with van der Waals surface area (Å²) >= 11 is 0. The summed E-state index contributed by atoms with van der Waals surface area (Å²) in [6.07, 6.45) is 2.33. The maximum absolute atomic E-state index is 14.7. The molecule has 1 aliphatic heterocycles. The third-order valence-corrected chi connectivity index (χ3v) is 4.82. The molecule has 148 valence electrons. The number of nitrogens with zero attached hydrogens (tertiary/aromatic N) is 1. The van der Waals surface area contributed by atoms with E-state index in [0.717, 1.165) is 12.8 Å². The first-order valence-corrected chi connectivity index (χ1v) is 9.27. The SMILES string of the molecule is CCOC(=O)C1=C(C)OC(N)=C(C#N)C1c1ccc(COCC2CC2)c(F)c1. The normalized spacial score (nSPS) is 19.3. The molecule has 0 bridgehead atoms. The van der Waals surface area contributed by atoms with Crippen LogP contribution in [-0.4, -0.2) is 19.2 Å². The van der Waals surface area contributed by atoms with Crippen molar-refractivity contribution in [1.82, 2.24) is 0 Å². The van der Waals surface area contributed by atoms with Crippen LogP contribution >= 0.6 is 0 Å². The Hall–Kier alpha value is -2.85. The largest absolute Gasteiger partial charge is 0.463 e. The quantitative estimate of drug-likeness (QED) is 0.722. The van der Waals surface area contributed by atoms with Crippen LogP contribution in [0.5, 0.6) is 0 Å². The van der Waals surface area contributed by atoms with E-state index in [2.05, 4.69) is 0 Å². The number of hydrogen-bond donors (Lipinski definition) is 1. The molecule has 0 aromatic heterocycles. The van der Waals surface area contributed by atoms with Gasteiger partial charge in [-0.3, -0.25) is 0 Å². The molecule has 1 fully saturated rings. The lowest BCUT2D eigenvalue weighted by Crippen LogP contribution is -2.25. The molecule has 1 atom stereocenters. The Morgan fingerprint density at radius 1 is 1.43 bits per heavy atom. The van der Waals surface area contributed by atoms with Gasteiger partial charge in [-0.05, 0) is 44.2 Å². The summed E-state index contributed by atoms with van der Waals surface area (Å²) in [5.74, 6) is -1.21. The molecule has 3 rings (SSSR count). The number of esters is 1. The molecule has 1 saturated carbocycles. The fourth-order valence-corrected chi connectivity index (χ4v) is 3.17. The zero-order valence-corrected chi connectivity index (χ0v) is 16.0. The van der Waals surface area contributed by atoms with Gasteiger partial charge in [0, 0.05) is 12.2 Å². The van der Waals surface area contributed by atoms with Gasteiger partial charge in [0.1, 0.15) is 23.2 Å². The molecular formula is C21H23FN2O4. The molecule has 2 N–H and O–H groups in total. The van der Waals surface area contributed by atoms with E-state index in [-0.39, 0.29) is 36.0 Å². The molecule has 7 heteroatoms. The van der Waals surface area contributed by atoms with Gasteiger partial charge in [0.05, 0.1) is 24.7 Å². The summed E-state index contributed by atoms with van der Waals surface area (Å²) in [4.78, 5) is 12.5. The van der Waals surface area contributed by atoms with E-state index in [1.807, 2.05) is 6.07 Å². The summed E-state index contributed by atoms with van der Waals surface area (Å²) in [6.45, 7) is 4.22. The highest BCUT2D eigenvalue weighted by Crippen LogP contribution is 2.40. The first-order valence-electron chi connectivity index (χ1n) is 9.27. The molecule has 0 amide bonds. The molecule has 1 unspecified atom stereocenters. The van der Waals surface area contributed by atoms with E-state index in [0.29, 0.717) is 23.7 Å². The van der Waals surface area contributed by atoms with E-state index in [4.69, 9.17) is 19.9 Å². The van der Waals surface area contributed by atoms with Gasteiger partial charge in [-0.1, -0.05) is 12.1 Å². The number of benzene rings is 1. The number of hydrogen-bond acceptors (Lipinski definition) is 6. The van der Waals surface area contributed by atoms with Gasteiger partial charge in [-0.15, -0.1) is 0 Å². The van der Waals surface area contributed by atoms with Gasteiger partial charge < -0.3 is 19.9 Å². The second kappa shape index (κ2) is 8.44. The minimum absolute atomic E-state index is 0.0470. The Morgan fingerprint density at radius 3 is 2.79 bits per heavy atom. The smallest absolute Gasteiger partial charge is 0.338 e. The number of halogens is 1.